The highest BCUT2D eigenvalue weighted by molar-refractivity contribution is 7.89. The third-order valence-electron chi connectivity index (χ3n) is 4.61. The van der Waals surface area contributed by atoms with Gasteiger partial charge in [-0.25, -0.2) is 13.2 Å². The number of sulfonamides is 1. The number of methoxy groups -OCH3 is 1. The van der Waals surface area contributed by atoms with E-state index in [-0.39, 0.29) is 22.6 Å². The molecule has 1 amide bonds. The van der Waals surface area contributed by atoms with Crippen LogP contribution in [0.25, 0.3) is 0 Å². The lowest BCUT2D eigenvalue weighted by Crippen LogP contribution is -2.30. The molecule has 0 unspecified atom stereocenters. The zero-order valence-electron chi connectivity index (χ0n) is 17.1. The van der Waals surface area contributed by atoms with Gasteiger partial charge in [-0.15, -0.1) is 11.3 Å². The molecule has 1 aromatic heterocycles. The molecule has 1 N–H and O–H groups in total. The molecule has 0 saturated carbocycles. The highest BCUT2D eigenvalue weighted by Crippen LogP contribution is 2.25. The normalized spacial score (nSPS) is 11.3. The van der Waals surface area contributed by atoms with Crippen LogP contribution in [0.1, 0.15) is 33.2 Å². The number of hydrogen-bond donors (Lipinski definition) is 1. The highest BCUT2D eigenvalue weighted by atomic mass is 32.2. The van der Waals surface area contributed by atoms with Crippen LogP contribution in [0.15, 0.2) is 70.9 Å². The molecule has 9 heteroatoms. The Balaban J connectivity index is 1.76. The molecule has 0 radical (unpaired) electrons. The molecule has 0 aliphatic rings. The molecule has 7 nitrogen and oxygen atoms in total. The summed E-state index contributed by atoms with van der Waals surface area (Å²) in [5.74, 6) is -0.996. The highest BCUT2D eigenvalue weighted by Gasteiger charge is 2.24. The van der Waals surface area contributed by atoms with E-state index in [1.54, 1.807) is 18.4 Å². The number of thiophene rings is 1. The molecule has 3 aromatic rings. The van der Waals surface area contributed by atoms with Gasteiger partial charge in [-0.05, 0) is 41.3 Å². The number of hydrogen-bond acceptors (Lipinski definition) is 6. The lowest BCUT2D eigenvalue weighted by atomic mass is 10.2. The standard InChI is InChI=1S/C22H22N2O5S2/c1-3-24(15-16-7-5-4-6-8-16)31(27,28)18-11-9-17(10-12-18)20(25)23-21-19(13-14-30-21)22(26)29-2/h4-14H,3,15H2,1-2H3,(H,23,25). The fourth-order valence-corrected chi connectivity index (χ4v) is 5.14. The summed E-state index contributed by atoms with van der Waals surface area (Å²) in [6, 6.07) is 16.6. The fourth-order valence-electron chi connectivity index (χ4n) is 2.93. The van der Waals surface area contributed by atoms with Gasteiger partial charge in [-0.2, -0.15) is 4.31 Å². The van der Waals surface area contributed by atoms with Gasteiger partial charge in [0.15, 0.2) is 0 Å². The SMILES string of the molecule is CCN(Cc1ccccc1)S(=O)(=O)c1ccc(C(=O)Nc2sccc2C(=O)OC)cc1. The summed E-state index contributed by atoms with van der Waals surface area (Å²) in [6.07, 6.45) is 0. The Labute approximate surface area is 185 Å². The van der Waals surface area contributed by atoms with Gasteiger partial charge in [-0.1, -0.05) is 37.3 Å². The minimum atomic E-state index is -3.72. The van der Waals surface area contributed by atoms with Gasteiger partial charge in [0.1, 0.15) is 5.00 Å². The maximum Gasteiger partial charge on any atom is 0.340 e. The van der Waals surface area contributed by atoms with Crippen molar-refractivity contribution in [2.24, 2.45) is 0 Å². The summed E-state index contributed by atoms with van der Waals surface area (Å²) >= 11 is 1.20. The van der Waals surface area contributed by atoms with Crippen molar-refractivity contribution in [3.63, 3.8) is 0 Å². The van der Waals surface area contributed by atoms with Crippen molar-refractivity contribution in [3.05, 3.63) is 82.7 Å². The smallest absolute Gasteiger partial charge is 0.340 e. The van der Waals surface area contributed by atoms with E-state index in [0.29, 0.717) is 11.5 Å². The van der Waals surface area contributed by atoms with Gasteiger partial charge < -0.3 is 10.1 Å². The molecule has 31 heavy (non-hydrogen) atoms. The number of amides is 1. The molecule has 0 atom stereocenters. The van der Waals surface area contributed by atoms with Crippen molar-refractivity contribution in [2.45, 2.75) is 18.4 Å². The molecule has 0 spiro atoms. The van der Waals surface area contributed by atoms with E-state index < -0.39 is 21.9 Å². The molecule has 0 bridgehead atoms. The van der Waals surface area contributed by atoms with Gasteiger partial charge in [0.2, 0.25) is 10.0 Å². The van der Waals surface area contributed by atoms with Crippen molar-refractivity contribution in [3.8, 4) is 0 Å². The number of nitrogens with zero attached hydrogens (tertiary/aromatic N) is 1. The summed E-state index contributed by atoms with van der Waals surface area (Å²) in [4.78, 5) is 24.4. The number of rotatable bonds is 8. The largest absolute Gasteiger partial charge is 0.465 e. The second-order valence-electron chi connectivity index (χ2n) is 6.55. The summed E-state index contributed by atoms with van der Waals surface area (Å²) < 4.78 is 32.1. The van der Waals surface area contributed by atoms with Crippen molar-refractivity contribution in [1.82, 2.24) is 4.31 Å². The number of esters is 1. The Morgan fingerprint density at radius 2 is 1.71 bits per heavy atom. The van der Waals surface area contributed by atoms with Crippen molar-refractivity contribution in [2.75, 3.05) is 19.0 Å². The van der Waals surface area contributed by atoms with Gasteiger partial charge in [-0.3, -0.25) is 4.79 Å². The molecule has 0 fully saturated rings. The van der Waals surface area contributed by atoms with Crippen LogP contribution in [0.5, 0.6) is 0 Å². The third-order valence-corrected chi connectivity index (χ3v) is 7.37. The van der Waals surface area contributed by atoms with Gasteiger partial charge in [0.25, 0.3) is 5.91 Å². The second-order valence-corrected chi connectivity index (χ2v) is 9.40. The van der Waals surface area contributed by atoms with Gasteiger partial charge in [0, 0.05) is 18.7 Å². The maximum absolute atomic E-state index is 13.0. The minimum absolute atomic E-state index is 0.105. The van der Waals surface area contributed by atoms with E-state index >= 15 is 0 Å². The van der Waals surface area contributed by atoms with Gasteiger partial charge in [0.05, 0.1) is 17.6 Å². The molecule has 162 valence electrons. The van der Waals surface area contributed by atoms with Crippen LogP contribution < -0.4 is 5.32 Å². The van der Waals surface area contributed by atoms with Crippen LogP contribution in [0, 0.1) is 0 Å². The molecular formula is C22H22N2O5S2. The number of nitrogens with one attached hydrogen (secondary N) is 1. The van der Waals surface area contributed by atoms with E-state index in [9.17, 15) is 18.0 Å². The Hall–Kier alpha value is -3.01. The van der Waals surface area contributed by atoms with Crippen molar-refractivity contribution in [1.29, 1.82) is 0 Å². The molecular weight excluding hydrogens is 436 g/mol. The van der Waals surface area contributed by atoms with E-state index in [2.05, 4.69) is 5.32 Å². The Kier molecular flexibility index (Phi) is 7.21. The lowest BCUT2D eigenvalue weighted by molar-refractivity contribution is 0.0602. The summed E-state index contributed by atoms with van der Waals surface area (Å²) in [7, 11) is -2.45. The number of carbonyl (C=O) groups excluding carboxylic acids is 2. The van der Waals surface area contributed by atoms with Crippen LogP contribution in [0.4, 0.5) is 5.00 Å². The zero-order valence-corrected chi connectivity index (χ0v) is 18.7. The van der Waals surface area contributed by atoms with E-state index in [4.69, 9.17) is 4.74 Å². The van der Waals surface area contributed by atoms with E-state index in [0.717, 1.165) is 5.56 Å². The van der Waals surface area contributed by atoms with Crippen molar-refractivity contribution >= 4 is 38.2 Å². The van der Waals surface area contributed by atoms with Crippen molar-refractivity contribution < 1.29 is 22.7 Å². The first kappa shape index (κ1) is 22.7. The molecule has 0 aliphatic carbocycles. The fraction of sp³-hybridized carbons (Fsp3) is 0.182. The predicted octanol–water partition coefficient (Wildman–Crippen LogP) is 4.00. The lowest BCUT2D eigenvalue weighted by Gasteiger charge is -2.20. The van der Waals surface area contributed by atoms with Crippen LogP contribution >= 0.6 is 11.3 Å². The number of anilines is 1. The first-order valence-corrected chi connectivity index (χ1v) is 11.8. The Bertz CT molecular complexity index is 1160. The van der Waals surface area contributed by atoms with Crippen LogP contribution in [-0.2, 0) is 21.3 Å². The summed E-state index contributed by atoms with van der Waals surface area (Å²) in [5, 5.41) is 4.71. The maximum atomic E-state index is 13.0. The molecule has 2 aromatic carbocycles. The molecule has 1 heterocycles. The molecule has 3 rings (SSSR count). The first-order valence-electron chi connectivity index (χ1n) is 9.48. The number of benzene rings is 2. The average Bonchev–Trinajstić information content (AvgIpc) is 3.25. The second kappa shape index (κ2) is 9.86. The Morgan fingerprint density at radius 1 is 1.03 bits per heavy atom. The van der Waals surface area contributed by atoms with Crippen LogP contribution in [0.3, 0.4) is 0 Å². The Morgan fingerprint density at radius 3 is 2.32 bits per heavy atom. The quantitative estimate of drug-likeness (QED) is 0.515. The molecule has 0 saturated heterocycles. The average molecular weight is 459 g/mol. The van der Waals surface area contributed by atoms with Crippen LogP contribution in [0.2, 0.25) is 0 Å². The number of ether oxygens (including phenoxy) is 1. The summed E-state index contributed by atoms with van der Waals surface area (Å²) in [5.41, 5.74) is 1.43. The topological polar surface area (TPSA) is 92.8 Å². The number of carbonyl (C=O) groups is 2. The van der Waals surface area contributed by atoms with Gasteiger partial charge >= 0.3 is 5.97 Å². The minimum Gasteiger partial charge on any atom is -0.465 e. The van der Waals surface area contributed by atoms with E-state index in [1.807, 2.05) is 30.3 Å². The van der Waals surface area contributed by atoms with E-state index in [1.165, 1.54) is 47.0 Å². The summed E-state index contributed by atoms with van der Waals surface area (Å²) in [6.45, 7) is 2.35. The predicted molar refractivity (Wildman–Crippen MR) is 120 cm³/mol. The zero-order chi connectivity index (χ0) is 22.4. The third kappa shape index (κ3) is 5.19. The van der Waals surface area contributed by atoms with Crippen LogP contribution in [-0.4, -0.2) is 38.3 Å². The monoisotopic (exact) mass is 458 g/mol. The first-order chi connectivity index (χ1) is 14.9. The molecule has 0 aliphatic heterocycles.